The van der Waals surface area contributed by atoms with Crippen LogP contribution in [0.2, 0.25) is 0 Å². The zero-order chi connectivity index (χ0) is 12.6. The first-order valence-corrected chi connectivity index (χ1v) is 5.37. The Bertz CT molecular complexity index is 613. The van der Waals surface area contributed by atoms with Gasteiger partial charge in [0.25, 0.3) is 5.56 Å². The van der Waals surface area contributed by atoms with Crippen molar-refractivity contribution >= 4 is 11.0 Å². The summed E-state index contributed by atoms with van der Waals surface area (Å²) in [6.45, 7) is 6.36. The molecule has 0 saturated heterocycles. The van der Waals surface area contributed by atoms with Crippen molar-refractivity contribution in [1.29, 1.82) is 0 Å². The fourth-order valence-corrected chi connectivity index (χ4v) is 1.71. The summed E-state index contributed by atoms with van der Waals surface area (Å²) >= 11 is 0. The van der Waals surface area contributed by atoms with E-state index >= 15 is 0 Å². The second-order valence-corrected chi connectivity index (χ2v) is 5.25. The maximum atomic E-state index is 13.5. The van der Waals surface area contributed by atoms with Crippen molar-refractivity contribution in [2.45, 2.75) is 27.3 Å². The maximum Gasteiger partial charge on any atom is 0.288 e. The molecule has 5 heteroatoms. The highest BCUT2D eigenvalue weighted by atomic mass is 19.1. The van der Waals surface area contributed by atoms with Crippen molar-refractivity contribution in [3.8, 4) is 0 Å². The summed E-state index contributed by atoms with van der Waals surface area (Å²) in [5, 5.41) is 0.536. The Hall–Kier alpha value is -1.78. The quantitative estimate of drug-likeness (QED) is 0.759. The molecule has 0 atom stereocenters. The van der Waals surface area contributed by atoms with Gasteiger partial charge in [-0.05, 0) is 11.5 Å². The highest BCUT2D eigenvalue weighted by molar-refractivity contribution is 5.73. The zero-order valence-corrected chi connectivity index (χ0v) is 10.1. The number of halogens is 1. The average molecular weight is 235 g/mol. The van der Waals surface area contributed by atoms with Gasteiger partial charge in [0.15, 0.2) is 5.82 Å². The molecule has 2 aromatic rings. The first kappa shape index (κ1) is 11.7. The number of hydrogen-bond acceptors (Lipinski definition) is 3. The number of rotatable bonds is 1. The van der Waals surface area contributed by atoms with E-state index in [-0.39, 0.29) is 5.41 Å². The Labute approximate surface area is 98.1 Å². The van der Waals surface area contributed by atoms with E-state index in [1.807, 2.05) is 20.8 Å². The van der Waals surface area contributed by atoms with E-state index in [0.29, 0.717) is 17.6 Å². The van der Waals surface area contributed by atoms with Gasteiger partial charge in [0.2, 0.25) is 0 Å². The van der Waals surface area contributed by atoms with Crippen LogP contribution in [0.4, 0.5) is 4.39 Å². The topological polar surface area (TPSA) is 47.8 Å². The van der Waals surface area contributed by atoms with Gasteiger partial charge in [-0.25, -0.2) is 14.4 Å². The van der Waals surface area contributed by atoms with Crippen LogP contribution in [0.1, 0.15) is 20.8 Å². The number of fused-ring (bicyclic) bond motifs is 1. The molecule has 0 bridgehead atoms. The summed E-state index contributed by atoms with van der Waals surface area (Å²) in [6.07, 6.45) is 2.86. The van der Waals surface area contributed by atoms with E-state index in [4.69, 9.17) is 0 Å². The minimum absolute atomic E-state index is 0.129. The summed E-state index contributed by atoms with van der Waals surface area (Å²) in [7, 11) is 0. The van der Waals surface area contributed by atoms with Crippen LogP contribution >= 0.6 is 0 Å². The van der Waals surface area contributed by atoms with Crippen molar-refractivity contribution < 1.29 is 4.39 Å². The first-order chi connectivity index (χ1) is 7.88. The summed E-state index contributed by atoms with van der Waals surface area (Å²) in [5.41, 5.74) is -0.289. The Morgan fingerprint density at radius 2 is 2.12 bits per heavy atom. The average Bonchev–Trinajstić information content (AvgIpc) is 2.23. The van der Waals surface area contributed by atoms with Crippen molar-refractivity contribution in [3.63, 3.8) is 0 Å². The first-order valence-electron chi connectivity index (χ1n) is 5.37. The zero-order valence-electron chi connectivity index (χ0n) is 10.1. The molecule has 0 fully saturated rings. The molecule has 0 aliphatic heterocycles. The van der Waals surface area contributed by atoms with Crippen molar-refractivity contribution in [2.24, 2.45) is 5.41 Å². The molecular formula is C12H14FN3O. The van der Waals surface area contributed by atoms with Crippen LogP contribution in [0.3, 0.4) is 0 Å². The van der Waals surface area contributed by atoms with Crippen LogP contribution in [0, 0.1) is 11.2 Å². The lowest BCUT2D eigenvalue weighted by Gasteiger charge is -2.20. The van der Waals surface area contributed by atoms with Gasteiger partial charge in [-0.15, -0.1) is 0 Å². The van der Waals surface area contributed by atoms with Crippen LogP contribution < -0.4 is 5.56 Å². The van der Waals surface area contributed by atoms with Crippen LogP contribution in [0.25, 0.3) is 11.0 Å². The minimum atomic E-state index is -0.767. The van der Waals surface area contributed by atoms with E-state index in [9.17, 15) is 9.18 Å². The van der Waals surface area contributed by atoms with Gasteiger partial charge in [0.1, 0.15) is 12.0 Å². The molecule has 2 heterocycles. The van der Waals surface area contributed by atoms with Crippen molar-refractivity contribution in [2.75, 3.05) is 0 Å². The van der Waals surface area contributed by atoms with Crippen molar-refractivity contribution in [3.05, 3.63) is 34.8 Å². The van der Waals surface area contributed by atoms with Crippen LogP contribution in [-0.2, 0) is 6.54 Å². The van der Waals surface area contributed by atoms with Gasteiger partial charge in [-0.1, -0.05) is 20.8 Å². The Balaban J connectivity index is 2.75. The maximum absolute atomic E-state index is 13.5. The van der Waals surface area contributed by atoms with E-state index in [2.05, 4.69) is 9.97 Å². The number of nitrogens with zero attached hydrogens (tertiary/aromatic N) is 3. The fourth-order valence-electron chi connectivity index (χ4n) is 1.71. The monoisotopic (exact) mass is 235 g/mol. The normalized spacial score (nSPS) is 12.0. The predicted octanol–water partition coefficient (Wildman–Crippen LogP) is 1.98. The Morgan fingerprint density at radius 1 is 1.41 bits per heavy atom. The third kappa shape index (κ3) is 2.33. The smallest absolute Gasteiger partial charge is 0.288 e. The largest absolute Gasteiger partial charge is 0.290 e. The molecule has 0 aromatic carbocycles. The fraction of sp³-hybridized carbons (Fsp3) is 0.417. The van der Waals surface area contributed by atoms with Gasteiger partial charge in [-0.3, -0.25) is 9.36 Å². The summed E-state index contributed by atoms with van der Waals surface area (Å²) in [4.78, 5) is 19.7. The number of aromatic nitrogens is 3. The van der Waals surface area contributed by atoms with Gasteiger partial charge in [0.05, 0.1) is 0 Å². The van der Waals surface area contributed by atoms with Gasteiger partial charge in [-0.2, -0.15) is 0 Å². The van der Waals surface area contributed by atoms with Crippen LogP contribution in [-0.4, -0.2) is 14.5 Å². The molecule has 17 heavy (non-hydrogen) atoms. The molecule has 0 unspecified atom stereocenters. The van der Waals surface area contributed by atoms with Crippen LogP contribution in [0.15, 0.2) is 23.4 Å². The summed E-state index contributed by atoms with van der Waals surface area (Å²) in [5.74, 6) is -0.767. The number of hydrogen-bond donors (Lipinski definition) is 0. The van der Waals surface area contributed by atoms with Crippen LogP contribution in [0.5, 0.6) is 0 Å². The molecule has 2 aromatic heterocycles. The second-order valence-electron chi connectivity index (χ2n) is 5.25. The summed E-state index contributed by atoms with van der Waals surface area (Å²) in [6, 6.07) is 1.18. The third-order valence-corrected chi connectivity index (χ3v) is 2.34. The minimum Gasteiger partial charge on any atom is -0.290 e. The molecule has 0 aliphatic carbocycles. The van der Waals surface area contributed by atoms with Gasteiger partial charge >= 0.3 is 0 Å². The second kappa shape index (κ2) is 3.91. The molecular weight excluding hydrogens is 221 g/mol. The molecule has 0 radical (unpaired) electrons. The Morgan fingerprint density at radius 3 is 2.76 bits per heavy atom. The molecule has 90 valence electrons. The molecule has 0 saturated carbocycles. The molecule has 0 amide bonds. The molecule has 4 nitrogen and oxygen atoms in total. The SMILES string of the molecule is CC(C)(C)Cn1c(=O)c(F)cc2cncnc21. The molecule has 2 rings (SSSR count). The predicted molar refractivity (Wildman–Crippen MR) is 63.2 cm³/mol. The highest BCUT2D eigenvalue weighted by Crippen LogP contribution is 2.18. The lowest BCUT2D eigenvalue weighted by atomic mass is 9.97. The Kier molecular flexibility index (Phi) is 2.69. The molecule has 0 aliphatic rings. The van der Waals surface area contributed by atoms with E-state index in [1.165, 1.54) is 23.2 Å². The van der Waals surface area contributed by atoms with E-state index in [0.717, 1.165) is 0 Å². The lowest BCUT2D eigenvalue weighted by molar-refractivity contribution is 0.339. The van der Waals surface area contributed by atoms with Gasteiger partial charge in [0, 0.05) is 18.1 Å². The van der Waals surface area contributed by atoms with E-state index < -0.39 is 11.4 Å². The van der Waals surface area contributed by atoms with Gasteiger partial charge < -0.3 is 0 Å². The molecule has 0 spiro atoms. The highest BCUT2D eigenvalue weighted by Gasteiger charge is 2.17. The summed E-state index contributed by atoms with van der Waals surface area (Å²) < 4.78 is 14.9. The number of pyridine rings is 1. The third-order valence-electron chi connectivity index (χ3n) is 2.34. The van der Waals surface area contributed by atoms with Crippen molar-refractivity contribution in [1.82, 2.24) is 14.5 Å². The lowest BCUT2D eigenvalue weighted by Crippen LogP contribution is -2.29. The standard InChI is InChI=1S/C12H14FN3O/c1-12(2,3)6-16-10-8(5-14-7-15-10)4-9(13)11(16)17/h4-5,7H,6H2,1-3H3. The van der Waals surface area contributed by atoms with E-state index in [1.54, 1.807) is 0 Å². The molecule has 0 N–H and O–H groups in total.